The van der Waals surface area contributed by atoms with Gasteiger partial charge in [-0.3, -0.25) is 9.48 Å². The lowest BCUT2D eigenvalue weighted by Gasteiger charge is -2.03. The van der Waals surface area contributed by atoms with Crippen molar-refractivity contribution in [1.29, 1.82) is 0 Å². The number of nitrogens with one attached hydrogen (secondary N) is 1. The summed E-state index contributed by atoms with van der Waals surface area (Å²) in [6.07, 6.45) is 6.84. The van der Waals surface area contributed by atoms with Crippen molar-refractivity contribution >= 4 is 22.9 Å². The van der Waals surface area contributed by atoms with Gasteiger partial charge in [0, 0.05) is 31.5 Å². The lowest BCUT2D eigenvalue weighted by Crippen LogP contribution is -2.22. The van der Waals surface area contributed by atoms with Gasteiger partial charge in [-0.05, 0) is 17.5 Å². The lowest BCUT2D eigenvalue weighted by molar-refractivity contribution is 0.0952. The Morgan fingerprint density at radius 1 is 1.29 bits per heavy atom. The minimum Gasteiger partial charge on any atom is -0.348 e. The van der Waals surface area contributed by atoms with Gasteiger partial charge in [0.2, 0.25) is 0 Å². The van der Waals surface area contributed by atoms with Gasteiger partial charge in [-0.2, -0.15) is 10.2 Å². The topological polar surface area (TPSA) is 77.1 Å². The second-order valence-electron chi connectivity index (χ2n) is 5.31. The third kappa shape index (κ3) is 2.56. The molecule has 0 aliphatic heterocycles. The van der Waals surface area contributed by atoms with Crippen LogP contribution in [0.5, 0.6) is 0 Å². The molecule has 0 saturated heterocycles. The van der Waals surface area contributed by atoms with Crippen LogP contribution in [0.2, 0.25) is 0 Å². The van der Waals surface area contributed by atoms with Gasteiger partial charge in [-0.1, -0.05) is 6.07 Å². The highest BCUT2D eigenvalue weighted by Gasteiger charge is 2.16. The normalized spacial score (nSPS) is 11.0. The molecule has 0 bridgehead atoms. The Kier molecular flexibility index (Phi) is 3.58. The van der Waals surface area contributed by atoms with Gasteiger partial charge in [0.1, 0.15) is 5.56 Å². The minimum atomic E-state index is -0.204. The number of fused-ring (bicyclic) bond motifs is 1. The Morgan fingerprint density at radius 2 is 2.21 bits per heavy atom. The first-order valence-electron chi connectivity index (χ1n) is 7.35. The summed E-state index contributed by atoms with van der Waals surface area (Å²) in [6.45, 7) is 0.411. The predicted octanol–water partition coefficient (Wildman–Crippen LogP) is 2.12. The van der Waals surface area contributed by atoms with Crippen molar-refractivity contribution in [1.82, 2.24) is 29.7 Å². The maximum Gasteiger partial charge on any atom is 0.257 e. The highest BCUT2D eigenvalue weighted by molar-refractivity contribution is 7.13. The summed E-state index contributed by atoms with van der Waals surface area (Å²) < 4.78 is 3.40. The van der Waals surface area contributed by atoms with Crippen molar-refractivity contribution < 1.29 is 4.79 Å². The fraction of sp³-hybridized carbons (Fsp3) is 0.125. The zero-order chi connectivity index (χ0) is 16.5. The largest absolute Gasteiger partial charge is 0.348 e. The molecule has 8 heteroatoms. The maximum absolute atomic E-state index is 12.5. The quantitative estimate of drug-likeness (QED) is 0.618. The highest BCUT2D eigenvalue weighted by atomic mass is 32.1. The molecule has 0 aromatic carbocycles. The van der Waals surface area contributed by atoms with E-state index >= 15 is 0 Å². The number of hydrogen-bond donors (Lipinski definition) is 1. The second-order valence-corrected chi connectivity index (χ2v) is 6.25. The van der Waals surface area contributed by atoms with Crippen molar-refractivity contribution in [2.45, 2.75) is 6.54 Å². The first-order chi connectivity index (χ1) is 11.7. The summed E-state index contributed by atoms with van der Waals surface area (Å²) in [5.74, 6) is -0.204. The monoisotopic (exact) mass is 338 g/mol. The van der Waals surface area contributed by atoms with Crippen LogP contribution in [0.1, 0.15) is 15.9 Å². The standard InChI is InChI=1S/C16H14N6OS/c1-21-10-11(8-19-21)7-18-16(23)12-9-20-22-13(4-5-17-15(12)22)14-3-2-6-24-14/h2-6,8-10H,7H2,1H3,(H,18,23). The van der Waals surface area contributed by atoms with Crippen molar-refractivity contribution in [3.8, 4) is 10.6 Å². The van der Waals surface area contributed by atoms with E-state index in [-0.39, 0.29) is 5.91 Å². The molecular formula is C16H14N6OS. The fourth-order valence-electron chi connectivity index (χ4n) is 2.50. The van der Waals surface area contributed by atoms with E-state index in [1.54, 1.807) is 39.1 Å². The molecule has 0 fully saturated rings. The average molecular weight is 338 g/mol. The van der Waals surface area contributed by atoms with Gasteiger partial charge in [0.05, 0.1) is 23.0 Å². The highest BCUT2D eigenvalue weighted by Crippen LogP contribution is 2.25. The van der Waals surface area contributed by atoms with Crippen molar-refractivity contribution in [2.24, 2.45) is 7.05 Å². The van der Waals surface area contributed by atoms with E-state index in [1.807, 2.05) is 36.8 Å². The van der Waals surface area contributed by atoms with Crippen LogP contribution in [-0.4, -0.2) is 30.3 Å². The van der Waals surface area contributed by atoms with Crippen LogP contribution in [0.4, 0.5) is 0 Å². The van der Waals surface area contributed by atoms with E-state index in [1.165, 1.54) is 0 Å². The maximum atomic E-state index is 12.5. The molecule has 0 atom stereocenters. The predicted molar refractivity (Wildman–Crippen MR) is 90.7 cm³/mol. The van der Waals surface area contributed by atoms with E-state index in [4.69, 9.17) is 0 Å². The zero-order valence-electron chi connectivity index (χ0n) is 12.9. The van der Waals surface area contributed by atoms with Crippen LogP contribution in [0.3, 0.4) is 0 Å². The number of rotatable bonds is 4. The Bertz CT molecular complexity index is 1000. The number of carbonyl (C=O) groups is 1. The van der Waals surface area contributed by atoms with Gasteiger partial charge >= 0.3 is 0 Å². The van der Waals surface area contributed by atoms with E-state index in [0.717, 1.165) is 16.1 Å². The zero-order valence-corrected chi connectivity index (χ0v) is 13.7. The molecule has 0 saturated carbocycles. The molecule has 7 nitrogen and oxygen atoms in total. The molecule has 1 N–H and O–H groups in total. The summed E-state index contributed by atoms with van der Waals surface area (Å²) in [5.41, 5.74) is 2.86. The number of amides is 1. The average Bonchev–Trinajstić information content (AvgIpc) is 3.32. The molecule has 0 aliphatic rings. The molecule has 0 spiro atoms. The minimum absolute atomic E-state index is 0.204. The molecule has 4 rings (SSSR count). The second kappa shape index (κ2) is 5.89. The van der Waals surface area contributed by atoms with Crippen molar-refractivity contribution in [3.05, 3.63) is 59.5 Å². The Hall–Kier alpha value is -3.00. The third-order valence-electron chi connectivity index (χ3n) is 3.63. The number of thiophene rings is 1. The van der Waals surface area contributed by atoms with Crippen LogP contribution < -0.4 is 5.32 Å². The van der Waals surface area contributed by atoms with Gasteiger partial charge in [-0.25, -0.2) is 9.50 Å². The molecule has 1 amide bonds. The number of nitrogens with zero attached hydrogens (tertiary/aromatic N) is 5. The molecule has 120 valence electrons. The molecular weight excluding hydrogens is 324 g/mol. The van der Waals surface area contributed by atoms with Crippen LogP contribution >= 0.6 is 11.3 Å². The summed E-state index contributed by atoms with van der Waals surface area (Å²) in [7, 11) is 1.84. The first kappa shape index (κ1) is 14.6. The van der Waals surface area contributed by atoms with Gasteiger partial charge in [0.15, 0.2) is 5.65 Å². The molecule has 24 heavy (non-hydrogen) atoms. The van der Waals surface area contributed by atoms with E-state index < -0.39 is 0 Å². The molecule has 4 aromatic heterocycles. The molecule has 0 aliphatic carbocycles. The SMILES string of the molecule is Cn1cc(CNC(=O)c2cnn3c(-c4cccs4)ccnc23)cn1. The van der Waals surface area contributed by atoms with Crippen LogP contribution in [0.25, 0.3) is 16.2 Å². The Morgan fingerprint density at radius 3 is 2.96 bits per heavy atom. The van der Waals surface area contributed by atoms with Crippen molar-refractivity contribution in [3.63, 3.8) is 0 Å². The number of hydrogen-bond acceptors (Lipinski definition) is 5. The van der Waals surface area contributed by atoms with Gasteiger partial charge < -0.3 is 5.32 Å². The Labute approximate surface area is 141 Å². The number of carbonyl (C=O) groups excluding carboxylic acids is 1. The van der Waals surface area contributed by atoms with E-state index in [2.05, 4.69) is 20.5 Å². The first-order valence-corrected chi connectivity index (χ1v) is 8.22. The molecule has 4 aromatic rings. The number of aromatic nitrogens is 5. The van der Waals surface area contributed by atoms with E-state index in [9.17, 15) is 4.79 Å². The van der Waals surface area contributed by atoms with Gasteiger partial charge in [0.25, 0.3) is 5.91 Å². The number of aryl methyl sites for hydroxylation is 1. The summed E-state index contributed by atoms with van der Waals surface area (Å²) >= 11 is 1.62. The summed E-state index contributed by atoms with van der Waals surface area (Å²) in [4.78, 5) is 17.9. The molecule has 4 heterocycles. The smallest absolute Gasteiger partial charge is 0.257 e. The van der Waals surface area contributed by atoms with Crippen LogP contribution in [-0.2, 0) is 13.6 Å². The molecule has 0 radical (unpaired) electrons. The molecule has 0 unspecified atom stereocenters. The Balaban J connectivity index is 1.63. The van der Waals surface area contributed by atoms with Crippen LogP contribution in [0.15, 0.2) is 48.4 Å². The van der Waals surface area contributed by atoms with Crippen molar-refractivity contribution in [2.75, 3.05) is 0 Å². The fourth-order valence-corrected chi connectivity index (χ4v) is 3.24. The van der Waals surface area contributed by atoms with Crippen LogP contribution in [0, 0.1) is 0 Å². The summed E-state index contributed by atoms with van der Waals surface area (Å²) in [5, 5.41) is 13.3. The van der Waals surface area contributed by atoms with Gasteiger partial charge in [-0.15, -0.1) is 11.3 Å². The summed E-state index contributed by atoms with van der Waals surface area (Å²) in [6, 6.07) is 5.89. The lowest BCUT2D eigenvalue weighted by atomic mass is 10.3. The third-order valence-corrected chi connectivity index (χ3v) is 4.52. The van der Waals surface area contributed by atoms with E-state index in [0.29, 0.717) is 17.8 Å².